The average molecular weight is 521 g/mol. The summed E-state index contributed by atoms with van der Waals surface area (Å²) in [5, 5.41) is 15.4. The Balaban J connectivity index is 0.00000420. The van der Waals surface area contributed by atoms with Gasteiger partial charge in [-0.2, -0.15) is 0 Å². The van der Waals surface area contributed by atoms with Gasteiger partial charge in [0.25, 0.3) is 0 Å². The maximum atomic E-state index is 5.42. The van der Waals surface area contributed by atoms with Crippen molar-refractivity contribution in [3.8, 4) is 0 Å². The number of nitrogens with one attached hydrogen (secondary N) is 2. The molecule has 0 aromatic carbocycles. The number of ether oxygens (including phenoxy) is 1. The maximum absolute atomic E-state index is 5.42. The van der Waals surface area contributed by atoms with Crippen molar-refractivity contribution in [1.82, 2.24) is 30.3 Å². The summed E-state index contributed by atoms with van der Waals surface area (Å²) in [6, 6.07) is 0.396. The summed E-state index contributed by atoms with van der Waals surface area (Å²) < 4.78 is 7.41. The van der Waals surface area contributed by atoms with Crippen LogP contribution < -0.4 is 10.6 Å². The molecule has 0 spiro atoms. The zero-order chi connectivity index (χ0) is 20.2. The van der Waals surface area contributed by atoms with Crippen molar-refractivity contribution in [3.63, 3.8) is 0 Å². The molecule has 1 atom stereocenters. The Bertz CT molecular complexity index is 587. The van der Waals surface area contributed by atoms with Crippen LogP contribution in [0.2, 0.25) is 0 Å². The molecule has 9 heteroatoms. The second-order valence-corrected chi connectivity index (χ2v) is 7.66. The highest BCUT2D eigenvalue weighted by atomic mass is 127. The SMILES string of the molecule is CCCCCCC(C)NC(=NCc1nnc(C)n1C)NCCN1CCOCC1.I. The molecular formula is C20H40IN7O. The highest BCUT2D eigenvalue weighted by Gasteiger charge is 2.11. The molecular weight excluding hydrogens is 481 g/mol. The lowest BCUT2D eigenvalue weighted by Gasteiger charge is -2.27. The van der Waals surface area contributed by atoms with Gasteiger partial charge < -0.3 is 19.9 Å². The molecule has 1 aromatic heterocycles. The minimum absolute atomic E-state index is 0. The Labute approximate surface area is 193 Å². The number of rotatable bonds is 11. The Hall–Kier alpha value is -0.940. The summed E-state index contributed by atoms with van der Waals surface area (Å²) in [5.41, 5.74) is 0. The van der Waals surface area contributed by atoms with Crippen molar-refractivity contribution >= 4 is 29.9 Å². The zero-order valence-electron chi connectivity index (χ0n) is 18.6. The minimum atomic E-state index is 0. The lowest BCUT2D eigenvalue weighted by atomic mass is 10.1. The van der Waals surface area contributed by atoms with E-state index in [4.69, 9.17) is 9.73 Å². The summed E-state index contributed by atoms with van der Waals surface area (Å²) in [6.07, 6.45) is 6.31. The number of halogens is 1. The third-order valence-corrected chi connectivity index (χ3v) is 5.26. The molecule has 1 aliphatic heterocycles. The van der Waals surface area contributed by atoms with Crippen molar-refractivity contribution in [2.75, 3.05) is 39.4 Å². The number of aliphatic imine (C=N–C) groups is 1. The quantitative estimate of drug-likeness (QED) is 0.202. The number of hydrogen-bond donors (Lipinski definition) is 2. The molecule has 0 aliphatic carbocycles. The molecule has 1 aromatic rings. The molecule has 29 heavy (non-hydrogen) atoms. The number of unbranched alkanes of at least 4 members (excludes halogenated alkanes) is 3. The minimum Gasteiger partial charge on any atom is -0.379 e. The van der Waals surface area contributed by atoms with Gasteiger partial charge in [0.2, 0.25) is 0 Å². The molecule has 0 saturated carbocycles. The Morgan fingerprint density at radius 2 is 1.97 bits per heavy atom. The zero-order valence-corrected chi connectivity index (χ0v) is 20.9. The predicted octanol–water partition coefficient (Wildman–Crippen LogP) is 2.47. The third kappa shape index (κ3) is 10.1. The smallest absolute Gasteiger partial charge is 0.191 e. The summed E-state index contributed by atoms with van der Waals surface area (Å²) in [4.78, 5) is 7.19. The van der Waals surface area contributed by atoms with Gasteiger partial charge in [0.15, 0.2) is 11.8 Å². The first kappa shape index (κ1) is 26.1. The number of guanidine groups is 1. The normalized spacial score (nSPS) is 16.3. The van der Waals surface area contributed by atoms with E-state index in [-0.39, 0.29) is 24.0 Å². The maximum Gasteiger partial charge on any atom is 0.191 e. The third-order valence-electron chi connectivity index (χ3n) is 5.26. The van der Waals surface area contributed by atoms with E-state index in [9.17, 15) is 0 Å². The highest BCUT2D eigenvalue weighted by Crippen LogP contribution is 2.05. The van der Waals surface area contributed by atoms with E-state index in [0.29, 0.717) is 12.6 Å². The van der Waals surface area contributed by atoms with Crippen LogP contribution in [0.3, 0.4) is 0 Å². The first-order chi connectivity index (χ1) is 13.6. The molecule has 2 N–H and O–H groups in total. The lowest BCUT2D eigenvalue weighted by Crippen LogP contribution is -2.46. The lowest BCUT2D eigenvalue weighted by molar-refractivity contribution is 0.0389. The number of hydrogen-bond acceptors (Lipinski definition) is 5. The van der Waals surface area contributed by atoms with Crippen LogP contribution in [-0.4, -0.2) is 71.1 Å². The average Bonchev–Trinajstić information content (AvgIpc) is 3.02. The van der Waals surface area contributed by atoms with E-state index in [2.05, 4.69) is 39.6 Å². The fourth-order valence-electron chi connectivity index (χ4n) is 3.23. The van der Waals surface area contributed by atoms with Crippen LogP contribution in [-0.2, 0) is 18.3 Å². The first-order valence-electron chi connectivity index (χ1n) is 10.8. The van der Waals surface area contributed by atoms with Gasteiger partial charge in [0, 0.05) is 39.3 Å². The summed E-state index contributed by atoms with van der Waals surface area (Å²) >= 11 is 0. The molecule has 0 bridgehead atoms. The van der Waals surface area contributed by atoms with Crippen LogP contribution in [0, 0.1) is 6.92 Å². The van der Waals surface area contributed by atoms with Crippen molar-refractivity contribution in [2.24, 2.45) is 12.0 Å². The van der Waals surface area contributed by atoms with E-state index in [1.165, 1.54) is 25.7 Å². The molecule has 1 unspecified atom stereocenters. The van der Waals surface area contributed by atoms with Gasteiger partial charge in [0.1, 0.15) is 12.4 Å². The van der Waals surface area contributed by atoms with Gasteiger partial charge in [-0.05, 0) is 20.3 Å². The molecule has 0 radical (unpaired) electrons. The van der Waals surface area contributed by atoms with Crippen molar-refractivity contribution < 1.29 is 4.74 Å². The monoisotopic (exact) mass is 521 g/mol. The fourth-order valence-corrected chi connectivity index (χ4v) is 3.23. The molecule has 168 valence electrons. The molecule has 1 aliphatic rings. The molecule has 1 saturated heterocycles. The predicted molar refractivity (Wildman–Crippen MR) is 129 cm³/mol. The van der Waals surface area contributed by atoms with Crippen molar-refractivity contribution in [3.05, 3.63) is 11.6 Å². The van der Waals surface area contributed by atoms with Gasteiger partial charge in [-0.3, -0.25) is 4.90 Å². The van der Waals surface area contributed by atoms with Crippen molar-refractivity contribution in [1.29, 1.82) is 0 Å². The van der Waals surface area contributed by atoms with Gasteiger partial charge >= 0.3 is 0 Å². The second-order valence-electron chi connectivity index (χ2n) is 7.66. The number of aromatic nitrogens is 3. The summed E-state index contributed by atoms with van der Waals surface area (Å²) in [5.74, 6) is 2.64. The van der Waals surface area contributed by atoms with E-state index >= 15 is 0 Å². The summed E-state index contributed by atoms with van der Waals surface area (Å²) in [6.45, 7) is 12.5. The highest BCUT2D eigenvalue weighted by molar-refractivity contribution is 14.0. The van der Waals surface area contributed by atoms with E-state index < -0.39 is 0 Å². The topological polar surface area (TPSA) is 79.6 Å². The Morgan fingerprint density at radius 1 is 1.21 bits per heavy atom. The molecule has 0 amide bonds. The van der Waals surface area contributed by atoms with E-state index in [1.807, 2.05) is 18.5 Å². The van der Waals surface area contributed by atoms with Gasteiger partial charge in [0.05, 0.1) is 13.2 Å². The van der Waals surface area contributed by atoms with Crippen LogP contribution in [0.1, 0.15) is 57.6 Å². The van der Waals surface area contributed by atoms with Gasteiger partial charge in [-0.15, -0.1) is 34.2 Å². The van der Waals surface area contributed by atoms with Crippen LogP contribution in [0.25, 0.3) is 0 Å². The number of aryl methyl sites for hydroxylation is 1. The second kappa shape index (κ2) is 15.0. The first-order valence-corrected chi connectivity index (χ1v) is 10.8. The number of morpholine rings is 1. The van der Waals surface area contributed by atoms with Crippen LogP contribution in [0.5, 0.6) is 0 Å². The van der Waals surface area contributed by atoms with Crippen LogP contribution in [0.15, 0.2) is 4.99 Å². The summed E-state index contributed by atoms with van der Waals surface area (Å²) in [7, 11) is 1.98. The van der Waals surface area contributed by atoms with E-state index in [0.717, 1.165) is 63.4 Å². The van der Waals surface area contributed by atoms with Crippen molar-refractivity contribution in [2.45, 2.75) is 65.5 Å². The van der Waals surface area contributed by atoms with Crippen LogP contribution in [0.4, 0.5) is 0 Å². The standard InChI is InChI=1S/C20H39N7O.HI/c1-5-6-7-8-9-17(2)23-20(21-10-11-27-12-14-28-15-13-27)22-16-19-25-24-18(3)26(19)4;/h17H,5-16H2,1-4H3,(H2,21,22,23);1H. The Morgan fingerprint density at radius 3 is 2.62 bits per heavy atom. The molecule has 8 nitrogen and oxygen atoms in total. The molecule has 1 fully saturated rings. The Kier molecular flexibility index (Phi) is 13.5. The molecule has 2 rings (SSSR count). The van der Waals surface area contributed by atoms with Gasteiger partial charge in [-0.25, -0.2) is 4.99 Å². The van der Waals surface area contributed by atoms with E-state index in [1.54, 1.807) is 0 Å². The van der Waals surface area contributed by atoms with Crippen LogP contribution >= 0.6 is 24.0 Å². The van der Waals surface area contributed by atoms with Gasteiger partial charge in [-0.1, -0.05) is 32.6 Å². The molecule has 2 heterocycles. The largest absolute Gasteiger partial charge is 0.379 e. The fraction of sp³-hybridized carbons (Fsp3) is 0.850. The number of nitrogens with zero attached hydrogens (tertiary/aromatic N) is 5.